The Kier molecular flexibility index (Phi) is 8.67. The van der Waals surface area contributed by atoms with Gasteiger partial charge in [0.15, 0.2) is 0 Å². The van der Waals surface area contributed by atoms with E-state index in [-0.39, 0.29) is 12.1 Å². The van der Waals surface area contributed by atoms with E-state index >= 15 is 0 Å². The molecule has 0 saturated heterocycles. The third kappa shape index (κ3) is 6.54. The number of pyridine rings is 1. The number of benzene rings is 1. The van der Waals surface area contributed by atoms with Crippen LogP contribution >= 0.6 is 11.6 Å². The Labute approximate surface area is 193 Å². The van der Waals surface area contributed by atoms with Gasteiger partial charge in [-0.05, 0) is 50.8 Å². The van der Waals surface area contributed by atoms with Gasteiger partial charge in [0.2, 0.25) is 0 Å². The highest BCUT2D eigenvalue weighted by Gasteiger charge is 2.23. The van der Waals surface area contributed by atoms with Crippen molar-refractivity contribution >= 4 is 23.4 Å². The number of aromatic nitrogens is 1. The highest BCUT2D eigenvalue weighted by molar-refractivity contribution is 6.33. The van der Waals surface area contributed by atoms with Crippen LogP contribution in [0.4, 0.5) is 15.0 Å². The monoisotopic (exact) mass is 464 g/mol. The molecule has 1 saturated carbocycles. The van der Waals surface area contributed by atoms with E-state index in [0.717, 1.165) is 25.7 Å². The zero-order valence-electron chi connectivity index (χ0n) is 18.6. The normalized spacial score (nSPS) is 19.3. The Morgan fingerprint density at radius 1 is 1.19 bits per heavy atom. The first kappa shape index (κ1) is 24.2. The second kappa shape index (κ2) is 11.4. The number of urea groups is 1. The molecule has 0 spiro atoms. The third-order valence-corrected chi connectivity index (χ3v) is 5.85. The first-order valence-corrected chi connectivity index (χ1v) is 11.1. The molecule has 0 bridgehead atoms. The predicted octanol–water partition coefficient (Wildman–Crippen LogP) is 4.61. The standard InChI is InChI=1S/C23H30ClFN4O3/c1-14(13-31-2)27-16-5-7-17(8-6-16)28-23(30)29-22-11-19(20(24)12-26-22)18-9-4-15(25)10-21(18)32-3/h4,9-12,14,16-17,27H,5-8,13H2,1-3H3,(H2,26,28,29,30). The van der Waals surface area contributed by atoms with Crippen LogP contribution in [0.3, 0.4) is 0 Å². The first-order valence-electron chi connectivity index (χ1n) is 10.7. The summed E-state index contributed by atoms with van der Waals surface area (Å²) in [5.74, 6) is 0.280. The molecule has 1 heterocycles. The number of anilines is 1. The van der Waals surface area contributed by atoms with Crippen molar-refractivity contribution in [3.63, 3.8) is 0 Å². The summed E-state index contributed by atoms with van der Waals surface area (Å²) in [5.41, 5.74) is 1.20. The summed E-state index contributed by atoms with van der Waals surface area (Å²) in [4.78, 5) is 16.7. The quantitative estimate of drug-likeness (QED) is 0.531. The molecule has 1 aliphatic rings. The summed E-state index contributed by atoms with van der Waals surface area (Å²) in [5, 5.41) is 9.72. The molecule has 1 atom stereocenters. The van der Waals surface area contributed by atoms with Gasteiger partial charge in [0.1, 0.15) is 17.4 Å². The first-order chi connectivity index (χ1) is 15.4. The third-order valence-electron chi connectivity index (χ3n) is 5.55. The molecular weight excluding hydrogens is 435 g/mol. The Balaban J connectivity index is 1.58. The molecule has 2 amide bonds. The lowest BCUT2D eigenvalue weighted by molar-refractivity contribution is 0.160. The van der Waals surface area contributed by atoms with Gasteiger partial charge in [-0.2, -0.15) is 0 Å². The molecule has 1 aromatic heterocycles. The SMILES string of the molecule is COCC(C)NC1CCC(NC(=O)Nc2cc(-c3ccc(F)cc3OC)c(Cl)cn2)CC1. The topological polar surface area (TPSA) is 84.5 Å². The molecule has 0 aliphatic heterocycles. The van der Waals surface area contributed by atoms with Crippen LogP contribution in [0, 0.1) is 5.82 Å². The molecule has 1 aliphatic carbocycles. The summed E-state index contributed by atoms with van der Waals surface area (Å²) < 4.78 is 24.0. The fraction of sp³-hybridized carbons (Fsp3) is 0.478. The van der Waals surface area contributed by atoms with Crippen molar-refractivity contribution in [2.45, 2.75) is 50.7 Å². The fourth-order valence-electron chi connectivity index (χ4n) is 4.04. The predicted molar refractivity (Wildman–Crippen MR) is 124 cm³/mol. The Morgan fingerprint density at radius 2 is 1.91 bits per heavy atom. The summed E-state index contributed by atoms with van der Waals surface area (Å²) >= 11 is 6.31. The van der Waals surface area contributed by atoms with Gasteiger partial charge >= 0.3 is 6.03 Å². The van der Waals surface area contributed by atoms with E-state index in [0.29, 0.717) is 46.4 Å². The molecule has 3 rings (SSSR count). The van der Waals surface area contributed by atoms with Gasteiger partial charge in [0, 0.05) is 48.6 Å². The average Bonchev–Trinajstić information content (AvgIpc) is 2.76. The number of nitrogens with zero attached hydrogens (tertiary/aromatic N) is 1. The minimum Gasteiger partial charge on any atom is -0.496 e. The number of ether oxygens (including phenoxy) is 2. The average molecular weight is 465 g/mol. The van der Waals surface area contributed by atoms with Crippen LogP contribution < -0.4 is 20.7 Å². The summed E-state index contributed by atoms with van der Waals surface area (Å²) in [6.45, 7) is 2.79. The van der Waals surface area contributed by atoms with Crippen molar-refractivity contribution in [1.29, 1.82) is 0 Å². The number of carbonyl (C=O) groups is 1. The molecule has 9 heteroatoms. The smallest absolute Gasteiger partial charge is 0.320 e. The van der Waals surface area contributed by atoms with Gasteiger partial charge in [-0.3, -0.25) is 5.32 Å². The molecule has 32 heavy (non-hydrogen) atoms. The summed E-state index contributed by atoms with van der Waals surface area (Å²) in [7, 11) is 3.16. The largest absolute Gasteiger partial charge is 0.496 e. The lowest BCUT2D eigenvalue weighted by atomic mass is 9.91. The molecule has 0 radical (unpaired) electrons. The number of hydrogen-bond donors (Lipinski definition) is 3. The molecule has 1 unspecified atom stereocenters. The van der Waals surface area contributed by atoms with E-state index in [9.17, 15) is 9.18 Å². The van der Waals surface area contributed by atoms with Gasteiger partial charge < -0.3 is 20.1 Å². The number of hydrogen-bond acceptors (Lipinski definition) is 5. The number of amides is 2. The molecule has 3 N–H and O–H groups in total. The van der Waals surface area contributed by atoms with Crippen molar-refractivity contribution in [1.82, 2.24) is 15.6 Å². The van der Waals surface area contributed by atoms with Crippen molar-refractivity contribution < 1.29 is 18.7 Å². The van der Waals surface area contributed by atoms with Crippen molar-refractivity contribution in [2.75, 3.05) is 26.1 Å². The minimum absolute atomic E-state index is 0.106. The van der Waals surface area contributed by atoms with Crippen LogP contribution in [0.5, 0.6) is 5.75 Å². The van der Waals surface area contributed by atoms with Crippen molar-refractivity contribution in [3.05, 3.63) is 41.3 Å². The van der Waals surface area contributed by atoms with E-state index in [1.807, 2.05) is 0 Å². The van der Waals surface area contributed by atoms with Crippen LogP contribution in [0.25, 0.3) is 11.1 Å². The van der Waals surface area contributed by atoms with Crippen LogP contribution in [-0.2, 0) is 4.74 Å². The maximum atomic E-state index is 13.5. The van der Waals surface area contributed by atoms with Crippen LogP contribution in [0.2, 0.25) is 5.02 Å². The second-order valence-electron chi connectivity index (χ2n) is 8.06. The second-order valence-corrected chi connectivity index (χ2v) is 8.47. The van der Waals surface area contributed by atoms with Crippen LogP contribution in [0.1, 0.15) is 32.6 Å². The molecule has 1 aromatic carbocycles. The van der Waals surface area contributed by atoms with E-state index in [4.69, 9.17) is 21.1 Å². The Morgan fingerprint density at radius 3 is 2.59 bits per heavy atom. The highest BCUT2D eigenvalue weighted by atomic mass is 35.5. The van der Waals surface area contributed by atoms with Crippen molar-refractivity contribution in [3.8, 4) is 16.9 Å². The number of methoxy groups -OCH3 is 2. The number of carbonyl (C=O) groups excluding carboxylic acids is 1. The Bertz CT molecular complexity index is 922. The van der Waals surface area contributed by atoms with E-state index in [1.165, 1.54) is 25.4 Å². The molecule has 174 valence electrons. The van der Waals surface area contributed by atoms with Gasteiger partial charge in [0.25, 0.3) is 0 Å². The maximum absolute atomic E-state index is 13.5. The zero-order chi connectivity index (χ0) is 23.1. The molecule has 1 fully saturated rings. The van der Waals surface area contributed by atoms with E-state index in [1.54, 1.807) is 19.2 Å². The maximum Gasteiger partial charge on any atom is 0.320 e. The van der Waals surface area contributed by atoms with E-state index in [2.05, 4.69) is 27.9 Å². The van der Waals surface area contributed by atoms with Gasteiger partial charge in [-0.1, -0.05) is 11.6 Å². The van der Waals surface area contributed by atoms with Gasteiger partial charge in [0.05, 0.1) is 18.7 Å². The Hall–Kier alpha value is -2.42. The number of halogens is 2. The fourth-order valence-corrected chi connectivity index (χ4v) is 4.25. The lowest BCUT2D eigenvalue weighted by Crippen LogP contribution is -2.46. The summed E-state index contributed by atoms with van der Waals surface area (Å²) in [6, 6.07) is 6.38. The van der Waals surface area contributed by atoms with Gasteiger partial charge in [-0.25, -0.2) is 14.2 Å². The van der Waals surface area contributed by atoms with Crippen molar-refractivity contribution in [2.24, 2.45) is 0 Å². The van der Waals surface area contributed by atoms with Crippen LogP contribution in [0.15, 0.2) is 30.5 Å². The summed E-state index contributed by atoms with van der Waals surface area (Å²) in [6.07, 6.45) is 5.24. The van der Waals surface area contributed by atoms with Gasteiger partial charge in [-0.15, -0.1) is 0 Å². The zero-order valence-corrected chi connectivity index (χ0v) is 19.3. The highest BCUT2D eigenvalue weighted by Crippen LogP contribution is 2.36. The molecule has 2 aromatic rings. The minimum atomic E-state index is -0.411. The van der Waals surface area contributed by atoms with E-state index < -0.39 is 5.82 Å². The number of nitrogens with one attached hydrogen (secondary N) is 3. The lowest BCUT2D eigenvalue weighted by Gasteiger charge is -2.31. The molecular formula is C23H30ClFN4O3. The number of rotatable bonds is 8. The molecule has 7 nitrogen and oxygen atoms in total. The van der Waals surface area contributed by atoms with Crippen LogP contribution in [-0.4, -0.2) is 50.0 Å².